The first-order valence-electron chi connectivity index (χ1n) is 10.2. The highest BCUT2D eigenvalue weighted by molar-refractivity contribution is 7.87. The summed E-state index contributed by atoms with van der Waals surface area (Å²) >= 11 is 0. The van der Waals surface area contributed by atoms with E-state index in [1.165, 1.54) is 24.3 Å². The van der Waals surface area contributed by atoms with Crippen molar-refractivity contribution in [2.24, 2.45) is 0 Å². The van der Waals surface area contributed by atoms with E-state index in [9.17, 15) is 16.8 Å². The minimum Gasteiger partial charge on any atom is -0.372 e. The molecule has 7 nitrogen and oxygen atoms in total. The van der Waals surface area contributed by atoms with Crippen molar-refractivity contribution in [1.82, 2.24) is 0 Å². The zero-order valence-corrected chi connectivity index (χ0v) is 21.0. The lowest BCUT2D eigenvalue weighted by Gasteiger charge is -2.31. The molecule has 0 fully saturated rings. The second-order valence-corrected chi connectivity index (χ2v) is 12.2. The van der Waals surface area contributed by atoms with Crippen LogP contribution in [-0.2, 0) is 33.3 Å². The van der Waals surface area contributed by atoms with Gasteiger partial charge in [-0.2, -0.15) is 16.8 Å². The number of hydrogen-bond donors (Lipinski definition) is 0. The molecule has 0 unspecified atom stereocenters. The van der Waals surface area contributed by atoms with Crippen molar-refractivity contribution in [3.63, 3.8) is 0 Å². The summed E-state index contributed by atoms with van der Waals surface area (Å²) in [6, 6.07) is 12.8. The second kappa shape index (κ2) is 10.0. The van der Waals surface area contributed by atoms with Gasteiger partial charge in [0.15, 0.2) is 0 Å². The maximum absolute atomic E-state index is 12.6. The Morgan fingerprint density at radius 3 is 1.59 bits per heavy atom. The van der Waals surface area contributed by atoms with Crippen molar-refractivity contribution >= 4 is 20.2 Å². The molecular weight excluding hydrogens is 452 g/mol. The molecule has 178 valence electrons. The van der Waals surface area contributed by atoms with Crippen LogP contribution in [0.1, 0.15) is 45.2 Å². The summed E-state index contributed by atoms with van der Waals surface area (Å²) in [6.45, 7) is 10.4. The van der Waals surface area contributed by atoms with Gasteiger partial charge in [-0.3, -0.25) is 8.37 Å². The van der Waals surface area contributed by atoms with Crippen LogP contribution in [0.4, 0.5) is 0 Å². The Labute approximate surface area is 192 Å². The summed E-state index contributed by atoms with van der Waals surface area (Å²) in [7, 11) is -7.82. The third-order valence-electron chi connectivity index (χ3n) is 4.71. The highest BCUT2D eigenvalue weighted by Crippen LogP contribution is 2.24. The average molecular weight is 485 g/mol. The monoisotopic (exact) mass is 484 g/mol. The summed E-state index contributed by atoms with van der Waals surface area (Å²) in [6.07, 6.45) is 0.277. The van der Waals surface area contributed by atoms with Crippen LogP contribution in [0.3, 0.4) is 0 Å². The standard InChI is InChI=1S/C23H32O7S2/c1-18-7-11-20(12-8-18)31(24,25)29-16-15-22(3,4)28-17-23(5,6)30-32(26,27)21-13-9-19(2)10-14-21/h7-14H,15-17H2,1-6H3. The van der Waals surface area contributed by atoms with Crippen LogP contribution >= 0.6 is 0 Å². The topological polar surface area (TPSA) is 96.0 Å². The van der Waals surface area contributed by atoms with Crippen molar-refractivity contribution in [1.29, 1.82) is 0 Å². The van der Waals surface area contributed by atoms with Gasteiger partial charge in [0.25, 0.3) is 20.2 Å². The molecule has 0 spiro atoms. The van der Waals surface area contributed by atoms with Crippen molar-refractivity contribution in [2.45, 2.75) is 69.0 Å². The highest BCUT2D eigenvalue weighted by atomic mass is 32.2. The molecule has 0 saturated heterocycles. The summed E-state index contributed by atoms with van der Waals surface area (Å²) in [5.74, 6) is 0. The number of aryl methyl sites for hydroxylation is 2. The summed E-state index contributed by atoms with van der Waals surface area (Å²) in [5.41, 5.74) is -0.0000251. The van der Waals surface area contributed by atoms with Crippen LogP contribution in [0.5, 0.6) is 0 Å². The van der Waals surface area contributed by atoms with Crippen molar-refractivity contribution < 1.29 is 29.9 Å². The molecule has 0 bridgehead atoms. The molecule has 2 aromatic carbocycles. The van der Waals surface area contributed by atoms with Gasteiger partial charge in [0, 0.05) is 6.42 Å². The van der Waals surface area contributed by atoms with Crippen molar-refractivity contribution in [2.75, 3.05) is 13.2 Å². The van der Waals surface area contributed by atoms with Crippen molar-refractivity contribution in [3.8, 4) is 0 Å². The Morgan fingerprint density at radius 2 is 1.12 bits per heavy atom. The fourth-order valence-corrected chi connectivity index (χ4v) is 4.80. The number of hydrogen-bond acceptors (Lipinski definition) is 7. The fraction of sp³-hybridized carbons (Fsp3) is 0.478. The molecule has 2 rings (SSSR count). The van der Waals surface area contributed by atoms with Gasteiger partial charge in [-0.05, 0) is 65.8 Å². The van der Waals surface area contributed by atoms with Gasteiger partial charge in [-0.1, -0.05) is 35.4 Å². The Bertz CT molecular complexity index is 1100. The van der Waals surface area contributed by atoms with Gasteiger partial charge in [0.05, 0.1) is 28.6 Å². The van der Waals surface area contributed by atoms with E-state index in [1.54, 1.807) is 52.0 Å². The maximum Gasteiger partial charge on any atom is 0.297 e. The molecule has 0 amide bonds. The van der Waals surface area contributed by atoms with E-state index in [4.69, 9.17) is 13.1 Å². The van der Waals surface area contributed by atoms with E-state index in [2.05, 4.69) is 0 Å². The highest BCUT2D eigenvalue weighted by Gasteiger charge is 2.31. The summed E-state index contributed by atoms with van der Waals surface area (Å²) < 4.78 is 66.1. The minimum atomic E-state index is -3.96. The summed E-state index contributed by atoms with van der Waals surface area (Å²) in [4.78, 5) is 0.169. The van der Waals surface area contributed by atoms with E-state index in [1.807, 2.05) is 13.8 Å². The van der Waals surface area contributed by atoms with Crippen LogP contribution in [0.15, 0.2) is 58.3 Å². The average Bonchev–Trinajstić information content (AvgIpc) is 2.66. The summed E-state index contributed by atoms with van der Waals surface area (Å²) in [5, 5.41) is 0. The third-order valence-corrected chi connectivity index (χ3v) is 7.55. The maximum atomic E-state index is 12.6. The van der Waals surface area contributed by atoms with Crippen LogP contribution in [0.2, 0.25) is 0 Å². The lowest BCUT2D eigenvalue weighted by molar-refractivity contribution is -0.0862. The molecule has 0 aliphatic rings. The van der Waals surface area contributed by atoms with E-state index in [-0.39, 0.29) is 29.4 Å². The van der Waals surface area contributed by atoms with Gasteiger partial charge < -0.3 is 4.74 Å². The van der Waals surface area contributed by atoms with E-state index in [0.29, 0.717) is 0 Å². The molecular formula is C23H32O7S2. The zero-order valence-electron chi connectivity index (χ0n) is 19.4. The Kier molecular flexibility index (Phi) is 8.28. The molecule has 0 aliphatic heterocycles. The first kappa shape index (κ1) is 26.5. The fourth-order valence-electron chi connectivity index (χ4n) is 2.69. The quantitative estimate of drug-likeness (QED) is 0.437. The van der Waals surface area contributed by atoms with E-state index < -0.39 is 31.4 Å². The Morgan fingerprint density at radius 1 is 0.688 bits per heavy atom. The van der Waals surface area contributed by atoms with Crippen molar-refractivity contribution in [3.05, 3.63) is 59.7 Å². The van der Waals surface area contributed by atoms with E-state index in [0.717, 1.165) is 11.1 Å². The normalized spacial score (nSPS) is 13.3. The molecule has 32 heavy (non-hydrogen) atoms. The molecule has 0 aliphatic carbocycles. The van der Waals surface area contributed by atoms with Crippen LogP contribution in [0, 0.1) is 13.8 Å². The number of rotatable bonds is 11. The Hall–Kier alpha value is -1.78. The first-order valence-corrected chi connectivity index (χ1v) is 13.1. The van der Waals surface area contributed by atoms with E-state index >= 15 is 0 Å². The molecule has 0 saturated carbocycles. The van der Waals surface area contributed by atoms with Gasteiger partial charge in [-0.25, -0.2) is 0 Å². The number of benzene rings is 2. The van der Waals surface area contributed by atoms with Crippen LogP contribution < -0.4 is 0 Å². The van der Waals surface area contributed by atoms with Gasteiger partial charge in [0.1, 0.15) is 5.60 Å². The largest absolute Gasteiger partial charge is 0.372 e. The van der Waals surface area contributed by atoms with Crippen LogP contribution in [0.25, 0.3) is 0 Å². The predicted octanol–water partition coefficient (Wildman–Crippen LogP) is 4.38. The molecule has 0 radical (unpaired) electrons. The predicted molar refractivity (Wildman–Crippen MR) is 122 cm³/mol. The lowest BCUT2D eigenvalue weighted by atomic mass is 10.1. The number of ether oxygens (including phenoxy) is 1. The SMILES string of the molecule is Cc1ccc(S(=O)(=O)OCCC(C)(C)OCC(C)(C)OS(=O)(=O)c2ccc(C)cc2)cc1. The smallest absolute Gasteiger partial charge is 0.297 e. The first-order chi connectivity index (χ1) is 14.6. The van der Waals surface area contributed by atoms with Gasteiger partial charge >= 0.3 is 0 Å². The molecule has 0 atom stereocenters. The molecule has 2 aromatic rings. The minimum absolute atomic E-state index is 0.0181. The van der Waals surface area contributed by atoms with Crippen LogP contribution in [-0.4, -0.2) is 41.3 Å². The molecule has 9 heteroatoms. The zero-order chi connectivity index (χ0) is 24.2. The molecule has 0 N–H and O–H groups in total. The second-order valence-electron chi connectivity index (χ2n) is 9.00. The Balaban J connectivity index is 1.90. The molecule has 0 heterocycles. The van der Waals surface area contributed by atoms with Gasteiger partial charge in [0.2, 0.25) is 0 Å². The van der Waals surface area contributed by atoms with Gasteiger partial charge in [-0.15, -0.1) is 0 Å². The molecule has 0 aromatic heterocycles. The lowest BCUT2D eigenvalue weighted by Crippen LogP contribution is -2.38. The third kappa shape index (κ3) is 7.97.